The van der Waals surface area contributed by atoms with Crippen molar-refractivity contribution >= 4 is 6.09 Å². The van der Waals surface area contributed by atoms with Gasteiger partial charge in [-0.1, -0.05) is 0 Å². The number of hydrogen-bond donors (Lipinski definition) is 1. The summed E-state index contributed by atoms with van der Waals surface area (Å²) in [6.45, 7) is -0.379. The molecule has 0 unspecified atom stereocenters. The number of hydrogen-bond acceptors (Lipinski definition) is 2. The van der Waals surface area contributed by atoms with Crippen molar-refractivity contribution in [3.05, 3.63) is 34.9 Å². The number of alkyl carbamates (subject to hydrolysis) is 1. The molecule has 1 atom stereocenters. The van der Waals surface area contributed by atoms with Crippen LogP contribution in [0, 0.1) is 23.3 Å². The first-order valence-corrected chi connectivity index (χ1v) is 4.27. The fourth-order valence-electron chi connectivity index (χ4n) is 1.44. The minimum Gasteiger partial charge on any atom is -0.447 e. The molecular weight excluding hydrogens is 230 g/mol. The first-order chi connectivity index (χ1) is 7.50. The van der Waals surface area contributed by atoms with Crippen LogP contribution in [0.15, 0.2) is 6.07 Å². The van der Waals surface area contributed by atoms with E-state index in [-0.39, 0.29) is 12.7 Å². The third-order valence-corrected chi connectivity index (χ3v) is 2.17. The highest BCUT2D eigenvalue weighted by Gasteiger charge is 2.32. The highest BCUT2D eigenvalue weighted by Crippen LogP contribution is 2.27. The van der Waals surface area contributed by atoms with Crippen LogP contribution in [0.2, 0.25) is 0 Å². The summed E-state index contributed by atoms with van der Waals surface area (Å²) in [5.74, 6) is -6.10. The second kappa shape index (κ2) is 3.66. The third kappa shape index (κ3) is 1.58. The average molecular weight is 235 g/mol. The zero-order chi connectivity index (χ0) is 11.9. The Balaban J connectivity index is 2.51. The van der Waals surface area contributed by atoms with Crippen molar-refractivity contribution in [3.63, 3.8) is 0 Å². The number of cyclic esters (lactones) is 1. The van der Waals surface area contributed by atoms with E-state index in [4.69, 9.17) is 0 Å². The molecule has 1 saturated heterocycles. The monoisotopic (exact) mass is 235 g/mol. The molecule has 0 spiro atoms. The second-order valence-electron chi connectivity index (χ2n) is 3.18. The van der Waals surface area contributed by atoms with Gasteiger partial charge in [0.15, 0.2) is 23.3 Å². The Morgan fingerprint density at radius 2 is 1.75 bits per heavy atom. The number of ether oxygens (including phenoxy) is 1. The summed E-state index contributed by atoms with van der Waals surface area (Å²) in [5, 5.41) is 2.03. The number of nitrogens with one attached hydrogen (secondary N) is 1. The minimum atomic E-state index is -1.53. The Morgan fingerprint density at radius 3 is 2.19 bits per heavy atom. The van der Waals surface area contributed by atoms with E-state index in [0.29, 0.717) is 0 Å². The first-order valence-electron chi connectivity index (χ1n) is 4.27. The maximum atomic E-state index is 13.2. The Kier molecular flexibility index (Phi) is 2.45. The lowest BCUT2D eigenvalue weighted by Gasteiger charge is -2.11. The Hall–Kier alpha value is -1.79. The zero-order valence-electron chi connectivity index (χ0n) is 7.69. The number of rotatable bonds is 1. The van der Waals surface area contributed by atoms with Crippen molar-refractivity contribution in [2.45, 2.75) is 6.04 Å². The molecule has 16 heavy (non-hydrogen) atoms. The van der Waals surface area contributed by atoms with Gasteiger partial charge in [0.25, 0.3) is 0 Å². The summed E-state index contributed by atoms with van der Waals surface area (Å²) in [5.41, 5.74) is -0.872. The van der Waals surface area contributed by atoms with E-state index < -0.39 is 41.0 Å². The molecule has 1 amide bonds. The molecule has 1 aromatic rings. The van der Waals surface area contributed by atoms with Gasteiger partial charge in [-0.2, -0.15) is 0 Å². The van der Waals surface area contributed by atoms with Gasteiger partial charge in [0.05, 0.1) is 11.6 Å². The van der Waals surface area contributed by atoms with Crippen LogP contribution in [0.1, 0.15) is 11.6 Å². The maximum Gasteiger partial charge on any atom is 0.407 e. The molecule has 3 nitrogen and oxygen atoms in total. The van der Waals surface area contributed by atoms with Gasteiger partial charge in [-0.15, -0.1) is 0 Å². The number of amides is 1. The molecule has 0 radical (unpaired) electrons. The van der Waals surface area contributed by atoms with E-state index in [0.717, 1.165) is 0 Å². The van der Waals surface area contributed by atoms with Gasteiger partial charge < -0.3 is 10.1 Å². The van der Waals surface area contributed by atoms with Crippen molar-refractivity contribution in [3.8, 4) is 0 Å². The van der Waals surface area contributed by atoms with Crippen LogP contribution in [0.5, 0.6) is 0 Å². The van der Waals surface area contributed by atoms with Crippen LogP contribution in [-0.4, -0.2) is 12.7 Å². The largest absolute Gasteiger partial charge is 0.447 e. The highest BCUT2D eigenvalue weighted by molar-refractivity contribution is 5.70. The normalized spacial score (nSPS) is 19.5. The van der Waals surface area contributed by atoms with E-state index in [2.05, 4.69) is 4.74 Å². The van der Waals surface area contributed by atoms with Crippen molar-refractivity contribution < 1.29 is 27.1 Å². The average Bonchev–Trinajstić information content (AvgIpc) is 2.62. The van der Waals surface area contributed by atoms with Crippen LogP contribution >= 0.6 is 0 Å². The molecule has 1 aromatic carbocycles. The summed E-state index contributed by atoms with van der Waals surface area (Å²) in [6.07, 6.45) is -0.895. The Bertz CT molecular complexity index is 437. The maximum absolute atomic E-state index is 13.2. The lowest BCUT2D eigenvalue weighted by Crippen LogP contribution is -2.21. The molecule has 0 saturated carbocycles. The zero-order valence-corrected chi connectivity index (χ0v) is 7.69. The fourth-order valence-corrected chi connectivity index (χ4v) is 1.44. The molecule has 1 heterocycles. The van der Waals surface area contributed by atoms with Crippen LogP contribution in [0.25, 0.3) is 0 Å². The fraction of sp³-hybridized carbons (Fsp3) is 0.222. The lowest BCUT2D eigenvalue weighted by atomic mass is 10.1. The molecule has 1 N–H and O–H groups in total. The highest BCUT2D eigenvalue weighted by atomic mass is 19.2. The van der Waals surface area contributed by atoms with Gasteiger partial charge in [-0.25, -0.2) is 22.4 Å². The SMILES string of the molecule is O=C1N[C@H](c2c(F)c(F)cc(F)c2F)CO1. The van der Waals surface area contributed by atoms with Gasteiger partial charge in [-0.05, 0) is 0 Å². The number of carbonyl (C=O) groups excluding carboxylic acids is 1. The van der Waals surface area contributed by atoms with Gasteiger partial charge in [0.2, 0.25) is 0 Å². The van der Waals surface area contributed by atoms with E-state index in [9.17, 15) is 22.4 Å². The molecule has 1 aliphatic heterocycles. The van der Waals surface area contributed by atoms with Gasteiger partial charge >= 0.3 is 6.09 Å². The van der Waals surface area contributed by atoms with Crippen molar-refractivity contribution in [1.82, 2.24) is 5.32 Å². The third-order valence-electron chi connectivity index (χ3n) is 2.17. The van der Waals surface area contributed by atoms with E-state index >= 15 is 0 Å². The van der Waals surface area contributed by atoms with Crippen LogP contribution < -0.4 is 5.32 Å². The molecule has 0 bridgehead atoms. The standard InChI is InChI=1S/C9H5F4NO2/c10-3-1-4(11)8(13)6(7(3)12)5-2-16-9(15)14-5/h1,5H,2H2,(H,14,15)/t5-/m0/s1. The van der Waals surface area contributed by atoms with Crippen molar-refractivity contribution in [2.75, 3.05) is 6.61 Å². The molecule has 7 heteroatoms. The predicted molar refractivity (Wildman–Crippen MR) is 43.5 cm³/mol. The van der Waals surface area contributed by atoms with Crippen molar-refractivity contribution in [1.29, 1.82) is 0 Å². The van der Waals surface area contributed by atoms with Gasteiger partial charge in [0, 0.05) is 6.07 Å². The number of carbonyl (C=O) groups is 1. The van der Waals surface area contributed by atoms with E-state index in [1.165, 1.54) is 0 Å². The quantitative estimate of drug-likeness (QED) is 0.597. The van der Waals surface area contributed by atoms with Crippen LogP contribution in [0.3, 0.4) is 0 Å². The van der Waals surface area contributed by atoms with Gasteiger partial charge in [0.1, 0.15) is 6.61 Å². The summed E-state index contributed by atoms with van der Waals surface area (Å²) in [4.78, 5) is 10.7. The molecule has 0 aromatic heterocycles. The topological polar surface area (TPSA) is 38.3 Å². The summed E-state index contributed by atoms with van der Waals surface area (Å²) < 4.78 is 56.5. The predicted octanol–water partition coefficient (Wildman–Crippen LogP) is 2.02. The van der Waals surface area contributed by atoms with Gasteiger partial charge in [-0.3, -0.25) is 0 Å². The van der Waals surface area contributed by atoms with E-state index in [1.807, 2.05) is 5.32 Å². The number of halogens is 4. The summed E-state index contributed by atoms with van der Waals surface area (Å²) >= 11 is 0. The Labute approximate surface area is 87.0 Å². The second-order valence-corrected chi connectivity index (χ2v) is 3.18. The molecule has 1 fully saturated rings. The first kappa shape index (κ1) is 10.7. The Morgan fingerprint density at radius 1 is 1.19 bits per heavy atom. The minimum absolute atomic E-state index is 0.103. The molecule has 1 aliphatic rings. The molecule has 2 rings (SSSR count). The molecule has 86 valence electrons. The number of benzene rings is 1. The van der Waals surface area contributed by atoms with E-state index in [1.54, 1.807) is 0 Å². The molecule has 0 aliphatic carbocycles. The summed E-state index contributed by atoms with van der Waals surface area (Å²) in [6, 6.07) is -1.12. The van der Waals surface area contributed by atoms with Crippen LogP contribution in [-0.2, 0) is 4.74 Å². The van der Waals surface area contributed by atoms with Crippen molar-refractivity contribution in [2.24, 2.45) is 0 Å². The lowest BCUT2D eigenvalue weighted by molar-refractivity contribution is 0.176. The summed E-state index contributed by atoms with van der Waals surface area (Å²) in [7, 11) is 0. The molecular formula is C9H5F4NO2. The van der Waals surface area contributed by atoms with Crippen LogP contribution in [0.4, 0.5) is 22.4 Å². The smallest absolute Gasteiger partial charge is 0.407 e.